The Morgan fingerprint density at radius 1 is 1.00 bits per heavy atom. The smallest absolute Gasteiger partial charge is 0.157 e. The number of ether oxygens (including phenoxy) is 2. The molecule has 104 valence electrons. The van der Waals surface area contributed by atoms with Crippen LogP contribution in [0.4, 0.5) is 0 Å². The van der Waals surface area contributed by atoms with Crippen molar-refractivity contribution >= 4 is 0 Å². The first-order valence-electron chi connectivity index (χ1n) is 8.16. The van der Waals surface area contributed by atoms with Crippen LogP contribution >= 0.6 is 0 Å². The maximum Gasteiger partial charge on any atom is 0.157 e. The van der Waals surface area contributed by atoms with Gasteiger partial charge in [-0.05, 0) is 62.7 Å². The molecule has 1 saturated heterocycles. The second kappa shape index (κ2) is 6.38. The first-order chi connectivity index (χ1) is 8.93. The number of hydrogen-bond acceptors (Lipinski definition) is 2. The topological polar surface area (TPSA) is 18.5 Å². The Morgan fingerprint density at radius 2 is 1.94 bits per heavy atom. The first kappa shape index (κ1) is 12.9. The zero-order valence-corrected chi connectivity index (χ0v) is 11.6. The summed E-state index contributed by atoms with van der Waals surface area (Å²) in [5.74, 6) is 3.42. The summed E-state index contributed by atoms with van der Waals surface area (Å²) in [6.45, 7) is 1.80. The molecule has 2 heteroatoms. The molecule has 2 aliphatic carbocycles. The first-order valence-corrected chi connectivity index (χ1v) is 8.16. The summed E-state index contributed by atoms with van der Waals surface area (Å²) in [5.41, 5.74) is 0. The molecule has 18 heavy (non-hydrogen) atoms. The third kappa shape index (κ3) is 3.96. The van der Waals surface area contributed by atoms with Gasteiger partial charge in [0.15, 0.2) is 6.29 Å². The summed E-state index contributed by atoms with van der Waals surface area (Å²) < 4.78 is 11.3. The van der Waals surface area contributed by atoms with Crippen LogP contribution in [0.2, 0.25) is 0 Å². The van der Waals surface area contributed by atoms with E-state index in [1.165, 1.54) is 51.4 Å². The molecule has 3 fully saturated rings. The molecule has 2 nitrogen and oxygen atoms in total. The van der Waals surface area contributed by atoms with Crippen molar-refractivity contribution in [2.75, 3.05) is 13.2 Å². The molecule has 0 amide bonds. The number of rotatable bonds is 8. The lowest BCUT2D eigenvalue weighted by Crippen LogP contribution is -2.22. The lowest BCUT2D eigenvalue weighted by Gasteiger charge is -2.22. The van der Waals surface area contributed by atoms with Crippen molar-refractivity contribution < 1.29 is 9.47 Å². The molecule has 0 aromatic carbocycles. The molecule has 3 atom stereocenters. The van der Waals surface area contributed by atoms with Gasteiger partial charge in [-0.2, -0.15) is 0 Å². The Balaban J connectivity index is 1.13. The van der Waals surface area contributed by atoms with Gasteiger partial charge < -0.3 is 9.47 Å². The van der Waals surface area contributed by atoms with Gasteiger partial charge in [0.2, 0.25) is 0 Å². The lowest BCUT2D eigenvalue weighted by molar-refractivity contribution is -0.162. The van der Waals surface area contributed by atoms with Crippen molar-refractivity contribution in [2.45, 2.75) is 70.5 Å². The summed E-state index contributed by atoms with van der Waals surface area (Å²) in [6, 6.07) is 0. The van der Waals surface area contributed by atoms with Crippen LogP contribution in [-0.2, 0) is 9.47 Å². The second-order valence-electron chi connectivity index (χ2n) is 6.51. The van der Waals surface area contributed by atoms with Gasteiger partial charge in [0.1, 0.15) is 0 Å². The fraction of sp³-hybridized carbons (Fsp3) is 1.00. The van der Waals surface area contributed by atoms with E-state index >= 15 is 0 Å². The summed E-state index contributed by atoms with van der Waals surface area (Å²) in [6.07, 6.45) is 13.8. The van der Waals surface area contributed by atoms with Gasteiger partial charge in [0, 0.05) is 13.2 Å². The predicted molar refractivity (Wildman–Crippen MR) is 72.3 cm³/mol. The van der Waals surface area contributed by atoms with Gasteiger partial charge in [0.25, 0.3) is 0 Å². The van der Waals surface area contributed by atoms with Crippen LogP contribution in [-0.4, -0.2) is 19.5 Å². The molecule has 3 aliphatic rings. The number of unbranched alkanes of at least 4 members (excludes halogenated alkanes) is 2. The molecular weight excluding hydrogens is 224 g/mol. The molecule has 1 aliphatic heterocycles. The SMILES string of the molecule is C(CCOC1CCCCO1)CC[C@@H]1C[C@H]1C1CC1. The highest BCUT2D eigenvalue weighted by Crippen LogP contribution is 2.56. The molecule has 1 heterocycles. The van der Waals surface area contributed by atoms with Crippen LogP contribution in [0, 0.1) is 17.8 Å². The minimum Gasteiger partial charge on any atom is -0.353 e. The Labute approximate surface area is 111 Å². The molecule has 0 aromatic rings. The predicted octanol–water partition coefficient (Wildman–Crippen LogP) is 4.14. The average molecular weight is 252 g/mol. The summed E-state index contributed by atoms with van der Waals surface area (Å²) in [7, 11) is 0. The van der Waals surface area contributed by atoms with Gasteiger partial charge in [-0.25, -0.2) is 0 Å². The molecule has 0 spiro atoms. The fourth-order valence-electron chi connectivity index (χ4n) is 3.45. The monoisotopic (exact) mass is 252 g/mol. The maximum absolute atomic E-state index is 5.75. The molecule has 0 N–H and O–H groups in total. The highest BCUT2D eigenvalue weighted by atomic mass is 16.7. The van der Waals surface area contributed by atoms with E-state index in [0.29, 0.717) is 0 Å². The van der Waals surface area contributed by atoms with E-state index in [1.54, 1.807) is 6.42 Å². The van der Waals surface area contributed by atoms with E-state index < -0.39 is 0 Å². The molecular formula is C16H28O2. The zero-order valence-electron chi connectivity index (χ0n) is 11.6. The fourth-order valence-corrected chi connectivity index (χ4v) is 3.45. The summed E-state index contributed by atoms with van der Waals surface area (Å²) in [4.78, 5) is 0. The van der Waals surface area contributed by atoms with Gasteiger partial charge in [-0.1, -0.05) is 19.3 Å². The normalized spacial score (nSPS) is 35.7. The van der Waals surface area contributed by atoms with Crippen LogP contribution < -0.4 is 0 Å². The van der Waals surface area contributed by atoms with E-state index in [-0.39, 0.29) is 6.29 Å². The van der Waals surface area contributed by atoms with E-state index in [0.717, 1.165) is 37.4 Å². The van der Waals surface area contributed by atoms with Crippen LogP contribution in [0.1, 0.15) is 64.2 Å². The van der Waals surface area contributed by atoms with Crippen LogP contribution in [0.5, 0.6) is 0 Å². The Bertz CT molecular complexity index is 243. The van der Waals surface area contributed by atoms with E-state index in [4.69, 9.17) is 9.47 Å². The van der Waals surface area contributed by atoms with E-state index in [9.17, 15) is 0 Å². The van der Waals surface area contributed by atoms with Crippen LogP contribution in [0.3, 0.4) is 0 Å². The molecule has 1 unspecified atom stereocenters. The molecule has 0 radical (unpaired) electrons. The quantitative estimate of drug-likeness (QED) is 0.605. The van der Waals surface area contributed by atoms with Crippen LogP contribution in [0.25, 0.3) is 0 Å². The Morgan fingerprint density at radius 3 is 2.72 bits per heavy atom. The van der Waals surface area contributed by atoms with Gasteiger partial charge in [-0.15, -0.1) is 0 Å². The van der Waals surface area contributed by atoms with Crippen molar-refractivity contribution in [1.82, 2.24) is 0 Å². The standard InChI is InChI=1S/C16H28O2/c1(2-6-14-12-15(14)13-8-9-13)4-10-17-16-7-3-5-11-18-16/h13-16H,1-12H2/t14-,15+,16?/m1/s1. The minimum atomic E-state index is 0.112. The van der Waals surface area contributed by atoms with Crippen molar-refractivity contribution in [3.8, 4) is 0 Å². The maximum atomic E-state index is 5.75. The van der Waals surface area contributed by atoms with Gasteiger partial charge in [0.05, 0.1) is 0 Å². The van der Waals surface area contributed by atoms with Crippen molar-refractivity contribution in [2.24, 2.45) is 17.8 Å². The zero-order chi connectivity index (χ0) is 12.2. The van der Waals surface area contributed by atoms with E-state index in [2.05, 4.69) is 0 Å². The van der Waals surface area contributed by atoms with E-state index in [1.807, 2.05) is 0 Å². The largest absolute Gasteiger partial charge is 0.353 e. The Kier molecular flexibility index (Phi) is 4.58. The summed E-state index contributed by atoms with van der Waals surface area (Å²) in [5, 5.41) is 0. The third-order valence-corrected chi connectivity index (χ3v) is 4.87. The highest BCUT2D eigenvalue weighted by Gasteiger charge is 2.46. The van der Waals surface area contributed by atoms with Gasteiger partial charge >= 0.3 is 0 Å². The molecule has 0 bridgehead atoms. The Hall–Kier alpha value is -0.0800. The minimum absolute atomic E-state index is 0.112. The number of hydrogen-bond donors (Lipinski definition) is 0. The average Bonchev–Trinajstić information content (AvgIpc) is 3.27. The molecule has 2 saturated carbocycles. The molecule has 3 rings (SSSR count). The van der Waals surface area contributed by atoms with Crippen LogP contribution in [0.15, 0.2) is 0 Å². The van der Waals surface area contributed by atoms with Gasteiger partial charge in [-0.3, -0.25) is 0 Å². The highest BCUT2D eigenvalue weighted by molar-refractivity contribution is 4.96. The van der Waals surface area contributed by atoms with Crippen molar-refractivity contribution in [3.63, 3.8) is 0 Å². The third-order valence-electron chi connectivity index (χ3n) is 4.87. The summed E-state index contributed by atoms with van der Waals surface area (Å²) >= 11 is 0. The lowest BCUT2D eigenvalue weighted by atomic mass is 10.1. The van der Waals surface area contributed by atoms with Crippen molar-refractivity contribution in [3.05, 3.63) is 0 Å². The molecule has 0 aromatic heterocycles. The van der Waals surface area contributed by atoms with Crippen molar-refractivity contribution in [1.29, 1.82) is 0 Å². The second-order valence-corrected chi connectivity index (χ2v) is 6.51.